The number of nitrogens with one attached hydrogen (secondary N) is 1. The summed E-state index contributed by atoms with van der Waals surface area (Å²) in [4.78, 5) is 12.8. The van der Waals surface area contributed by atoms with E-state index < -0.39 is 0 Å². The highest BCUT2D eigenvalue weighted by Gasteiger charge is 2.23. The second kappa shape index (κ2) is 7.38. The van der Waals surface area contributed by atoms with Crippen LogP contribution in [0.4, 0.5) is 0 Å². The van der Waals surface area contributed by atoms with Crippen LogP contribution in [0.1, 0.15) is 46.9 Å². The highest BCUT2D eigenvalue weighted by Crippen LogP contribution is 2.22. The van der Waals surface area contributed by atoms with Crippen LogP contribution in [0.2, 0.25) is 0 Å². The lowest BCUT2D eigenvalue weighted by molar-refractivity contribution is 0.0946. The highest BCUT2D eigenvalue weighted by molar-refractivity contribution is 5.96. The highest BCUT2D eigenvalue weighted by atomic mass is 16.3. The predicted octanol–water partition coefficient (Wildman–Crippen LogP) is 3.83. The Morgan fingerprint density at radius 1 is 1.16 bits per heavy atom. The number of para-hydroxylation sites is 1. The number of benzene rings is 1. The van der Waals surface area contributed by atoms with E-state index in [-0.39, 0.29) is 5.91 Å². The number of hydrogen-bond donors (Lipinski definition) is 1. The summed E-state index contributed by atoms with van der Waals surface area (Å²) in [6.45, 7) is 6.49. The first-order chi connectivity index (χ1) is 12.2. The van der Waals surface area contributed by atoms with Crippen molar-refractivity contribution < 1.29 is 9.21 Å². The molecule has 0 aliphatic carbocycles. The van der Waals surface area contributed by atoms with Crippen molar-refractivity contribution in [2.24, 2.45) is 0 Å². The van der Waals surface area contributed by atoms with Crippen molar-refractivity contribution >= 4 is 5.91 Å². The molecule has 3 rings (SSSR count). The molecule has 2 heterocycles. The third-order valence-electron chi connectivity index (χ3n) is 4.30. The fraction of sp³-hybridized carbons (Fsp3) is 0.300. The maximum atomic E-state index is 12.8. The summed E-state index contributed by atoms with van der Waals surface area (Å²) in [5.41, 5.74) is 4.57. The van der Waals surface area contributed by atoms with E-state index in [1.165, 1.54) is 0 Å². The number of carbonyl (C=O) groups is 1. The van der Waals surface area contributed by atoms with Gasteiger partial charge in [-0.15, -0.1) is 0 Å². The first-order valence-corrected chi connectivity index (χ1v) is 8.63. The Kier molecular flexibility index (Phi) is 5.03. The number of rotatable bonds is 6. The van der Waals surface area contributed by atoms with Gasteiger partial charge >= 0.3 is 0 Å². The lowest BCUT2D eigenvalue weighted by atomic mass is 10.1. The normalized spacial score (nSPS) is 10.8. The molecule has 0 fully saturated rings. The number of furan rings is 1. The molecule has 1 amide bonds. The quantitative estimate of drug-likeness (QED) is 0.744. The molecule has 1 N–H and O–H groups in total. The zero-order valence-electron chi connectivity index (χ0n) is 14.9. The third-order valence-corrected chi connectivity index (χ3v) is 4.30. The fourth-order valence-corrected chi connectivity index (χ4v) is 3.01. The first-order valence-electron chi connectivity index (χ1n) is 8.63. The molecule has 0 saturated carbocycles. The average molecular weight is 337 g/mol. The van der Waals surface area contributed by atoms with Crippen molar-refractivity contribution in [2.75, 3.05) is 0 Å². The summed E-state index contributed by atoms with van der Waals surface area (Å²) in [7, 11) is 0. The van der Waals surface area contributed by atoms with E-state index in [1.807, 2.05) is 41.9 Å². The summed E-state index contributed by atoms with van der Waals surface area (Å²) in [5.74, 6) is 0.626. The molecule has 0 unspecified atom stereocenters. The van der Waals surface area contributed by atoms with Crippen molar-refractivity contribution in [3.63, 3.8) is 0 Å². The zero-order valence-corrected chi connectivity index (χ0v) is 14.9. The maximum absolute atomic E-state index is 12.8. The Morgan fingerprint density at radius 3 is 2.60 bits per heavy atom. The number of nitrogens with zero attached hydrogens (tertiary/aromatic N) is 2. The number of hydrogen-bond acceptors (Lipinski definition) is 3. The second-order valence-corrected chi connectivity index (χ2v) is 5.94. The molecule has 0 radical (unpaired) electrons. The molecule has 130 valence electrons. The summed E-state index contributed by atoms with van der Waals surface area (Å²) in [6, 6.07) is 11.7. The summed E-state index contributed by atoms with van der Waals surface area (Å²) in [5, 5.41) is 7.67. The molecule has 5 heteroatoms. The van der Waals surface area contributed by atoms with Gasteiger partial charge in [-0.25, -0.2) is 4.68 Å². The molecule has 0 bridgehead atoms. The van der Waals surface area contributed by atoms with Gasteiger partial charge in [0.05, 0.1) is 35.4 Å². The van der Waals surface area contributed by atoms with E-state index in [1.54, 1.807) is 6.26 Å². The van der Waals surface area contributed by atoms with E-state index in [4.69, 9.17) is 9.52 Å². The smallest absolute Gasteiger partial charge is 0.255 e. The average Bonchev–Trinajstić information content (AvgIpc) is 3.27. The van der Waals surface area contributed by atoms with Gasteiger partial charge in [-0.1, -0.05) is 32.0 Å². The topological polar surface area (TPSA) is 60.1 Å². The number of aryl methyl sites for hydroxylation is 2. The Labute approximate surface area is 147 Å². The van der Waals surface area contributed by atoms with Gasteiger partial charge in [0.2, 0.25) is 0 Å². The monoisotopic (exact) mass is 337 g/mol. The molecular formula is C20H23N3O2. The Morgan fingerprint density at radius 2 is 1.96 bits per heavy atom. The molecule has 2 aromatic heterocycles. The minimum Gasteiger partial charge on any atom is -0.467 e. The van der Waals surface area contributed by atoms with Crippen LogP contribution in [-0.2, 0) is 19.4 Å². The molecule has 0 aliphatic rings. The second-order valence-electron chi connectivity index (χ2n) is 5.94. The first kappa shape index (κ1) is 17.0. The van der Waals surface area contributed by atoms with Crippen LogP contribution in [0.15, 0.2) is 47.1 Å². The van der Waals surface area contributed by atoms with Crippen molar-refractivity contribution in [3.05, 3.63) is 70.9 Å². The van der Waals surface area contributed by atoms with Crippen LogP contribution in [-0.4, -0.2) is 15.7 Å². The minimum atomic E-state index is -0.107. The number of carbonyl (C=O) groups excluding carboxylic acids is 1. The Hall–Kier alpha value is -2.82. The van der Waals surface area contributed by atoms with Crippen LogP contribution < -0.4 is 5.32 Å². The molecule has 0 saturated heterocycles. The maximum Gasteiger partial charge on any atom is 0.255 e. The molecule has 1 aromatic carbocycles. The summed E-state index contributed by atoms with van der Waals surface area (Å²) < 4.78 is 7.20. The van der Waals surface area contributed by atoms with Crippen LogP contribution in [0, 0.1) is 6.92 Å². The van der Waals surface area contributed by atoms with Gasteiger partial charge in [0.25, 0.3) is 5.91 Å². The molecule has 5 nitrogen and oxygen atoms in total. The van der Waals surface area contributed by atoms with Gasteiger partial charge in [0, 0.05) is 0 Å². The van der Waals surface area contributed by atoms with Crippen molar-refractivity contribution in [2.45, 2.75) is 40.2 Å². The molecule has 0 aliphatic heterocycles. The van der Waals surface area contributed by atoms with Gasteiger partial charge < -0.3 is 9.73 Å². The van der Waals surface area contributed by atoms with Crippen LogP contribution in [0.5, 0.6) is 0 Å². The van der Waals surface area contributed by atoms with E-state index in [9.17, 15) is 4.79 Å². The Balaban J connectivity index is 1.98. The molecule has 0 atom stereocenters. The van der Waals surface area contributed by atoms with Gasteiger partial charge in [0.1, 0.15) is 5.76 Å². The van der Waals surface area contributed by atoms with Gasteiger partial charge in [-0.05, 0) is 43.5 Å². The van der Waals surface area contributed by atoms with Crippen LogP contribution in [0.3, 0.4) is 0 Å². The van der Waals surface area contributed by atoms with E-state index in [0.717, 1.165) is 34.8 Å². The molecule has 0 spiro atoms. The lowest BCUT2D eigenvalue weighted by Gasteiger charge is -2.10. The van der Waals surface area contributed by atoms with Gasteiger partial charge in [-0.2, -0.15) is 5.10 Å². The minimum absolute atomic E-state index is 0.107. The van der Waals surface area contributed by atoms with E-state index in [0.29, 0.717) is 18.5 Å². The van der Waals surface area contributed by atoms with Crippen LogP contribution in [0.25, 0.3) is 5.69 Å². The number of aromatic nitrogens is 2. The predicted molar refractivity (Wildman–Crippen MR) is 96.9 cm³/mol. The largest absolute Gasteiger partial charge is 0.467 e. The number of amides is 1. The third kappa shape index (κ3) is 3.36. The summed E-state index contributed by atoms with van der Waals surface area (Å²) >= 11 is 0. The zero-order chi connectivity index (χ0) is 17.8. The fourth-order valence-electron chi connectivity index (χ4n) is 3.01. The van der Waals surface area contributed by atoms with Crippen molar-refractivity contribution in [1.29, 1.82) is 0 Å². The van der Waals surface area contributed by atoms with Crippen LogP contribution >= 0.6 is 0 Å². The Bertz CT molecular complexity index is 863. The molecule has 3 aromatic rings. The lowest BCUT2D eigenvalue weighted by Crippen LogP contribution is -2.24. The molecular weight excluding hydrogens is 314 g/mol. The molecule has 25 heavy (non-hydrogen) atoms. The standard InChI is InChI=1S/C20H23N3O2/c1-4-16-19(20(24)21-13-15-10-8-12-25-15)17(5-2)23(22-16)18-11-7-6-9-14(18)3/h6-12H,4-5,13H2,1-3H3,(H,21,24). The summed E-state index contributed by atoms with van der Waals surface area (Å²) in [6.07, 6.45) is 3.03. The van der Waals surface area contributed by atoms with Crippen molar-refractivity contribution in [3.8, 4) is 5.69 Å². The van der Waals surface area contributed by atoms with E-state index in [2.05, 4.69) is 25.2 Å². The SMILES string of the molecule is CCc1nn(-c2ccccc2C)c(CC)c1C(=O)NCc1ccco1. The van der Waals surface area contributed by atoms with Crippen molar-refractivity contribution in [1.82, 2.24) is 15.1 Å². The van der Waals surface area contributed by atoms with Gasteiger partial charge in [0.15, 0.2) is 0 Å². The van der Waals surface area contributed by atoms with E-state index >= 15 is 0 Å². The van der Waals surface area contributed by atoms with Gasteiger partial charge in [-0.3, -0.25) is 4.79 Å².